The Hall–Kier alpha value is -4.33. The Morgan fingerprint density at radius 1 is 0.970 bits per heavy atom. The minimum atomic E-state index is -0.284. The number of aromatic nitrogens is 1. The number of furan rings is 1. The summed E-state index contributed by atoms with van der Waals surface area (Å²) in [6.45, 7) is 0.429. The van der Waals surface area contributed by atoms with Crippen molar-refractivity contribution in [1.29, 1.82) is 0 Å². The molecule has 168 valence electrons. The van der Waals surface area contributed by atoms with E-state index in [1.165, 1.54) is 6.20 Å². The van der Waals surface area contributed by atoms with Gasteiger partial charge in [0, 0.05) is 31.2 Å². The van der Waals surface area contributed by atoms with Gasteiger partial charge in [-0.3, -0.25) is 14.6 Å². The lowest BCUT2D eigenvalue weighted by molar-refractivity contribution is 0.0926. The smallest absolute Gasteiger partial charge is 0.287 e. The van der Waals surface area contributed by atoms with Gasteiger partial charge in [0.25, 0.3) is 11.8 Å². The number of methoxy groups -OCH3 is 1. The number of hydrogen-bond acceptors (Lipinski definition) is 6. The average molecular weight is 445 g/mol. The zero-order valence-electron chi connectivity index (χ0n) is 18.3. The Labute approximate surface area is 190 Å². The standard InChI is InChI=1S/C25H23N3O5/c1-26-24(29)21-15-20(9-11-27-21)32-19-5-3-4-16(12-19)8-10-28-25(30)23-14-17-13-18(31-2)6-7-22(17)33-23/h3-7,9,11-15H,8,10H2,1-2H3,(H,26,29)(H,28,30). The third-order valence-corrected chi connectivity index (χ3v) is 4.97. The number of rotatable bonds is 8. The molecule has 8 heteroatoms. The third-order valence-electron chi connectivity index (χ3n) is 4.97. The number of hydrogen-bond donors (Lipinski definition) is 2. The van der Waals surface area contributed by atoms with Crippen molar-refractivity contribution in [1.82, 2.24) is 15.6 Å². The van der Waals surface area contributed by atoms with Crippen LogP contribution in [0.15, 0.2) is 71.3 Å². The van der Waals surface area contributed by atoms with E-state index in [0.717, 1.165) is 10.9 Å². The van der Waals surface area contributed by atoms with Gasteiger partial charge in [-0.15, -0.1) is 0 Å². The lowest BCUT2D eigenvalue weighted by atomic mass is 10.1. The van der Waals surface area contributed by atoms with E-state index < -0.39 is 0 Å². The molecule has 0 fully saturated rings. The first-order chi connectivity index (χ1) is 16.1. The van der Waals surface area contributed by atoms with Crippen molar-refractivity contribution in [2.75, 3.05) is 20.7 Å². The molecule has 33 heavy (non-hydrogen) atoms. The van der Waals surface area contributed by atoms with Crippen LogP contribution in [0.2, 0.25) is 0 Å². The number of benzene rings is 2. The van der Waals surface area contributed by atoms with Crippen LogP contribution in [-0.4, -0.2) is 37.5 Å². The Morgan fingerprint density at radius 3 is 2.64 bits per heavy atom. The first-order valence-corrected chi connectivity index (χ1v) is 10.4. The molecule has 0 aliphatic carbocycles. The van der Waals surface area contributed by atoms with Crippen LogP contribution in [0.4, 0.5) is 0 Å². The van der Waals surface area contributed by atoms with E-state index in [4.69, 9.17) is 13.9 Å². The number of nitrogens with zero attached hydrogens (tertiary/aromatic N) is 1. The molecule has 0 spiro atoms. The first kappa shape index (κ1) is 21.9. The molecule has 0 saturated carbocycles. The number of ether oxygens (including phenoxy) is 2. The van der Waals surface area contributed by atoms with Gasteiger partial charge in [-0.1, -0.05) is 12.1 Å². The van der Waals surface area contributed by atoms with E-state index in [1.54, 1.807) is 44.5 Å². The molecular formula is C25H23N3O5. The average Bonchev–Trinajstić information content (AvgIpc) is 3.27. The molecule has 0 unspecified atom stereocenters. The molecule has 0 bridgehead atoms. The molecule has 2 aromatic carbocycles. The molecule has 0 aliphatic heterocycles. The minimum absolute atomic E-state index is 0.250. The fraction of sp³-hybridized carbons (Fsp3) is 0.160. The van der Waals surface area contributed by atoms with Crippen LogP contribution in [0.25, 0.3) is 11.0 Å². The van der Waals surface area contributed by atoms with E-state index in [9.17, 15) is 9.59 Å². The lowest BCUT2D eigenvalue weighted by Crippen LogP contribution is -2.25. The minimum Gasteiger partial charge on any atom is -0.497 e. The van der Waals surface area contributed by atoms with Gasteiger partial charge in [0.2, 0.25) is 0 Å². The summed E-state index contributed by atoms with van der Waals surface area (Å²) in [5.41, 5.74) is 1.89. The fourth-order valence-electron chi connectivity index (χ4n) is 3.30. The van der Waals surface area contributed by atoms with Gasteiger partial charge in [0.1, 0.15) is 28.5 Å². The van der Waals surface area contributed by atoms with Crippen molar-refractivity contribution in [3.63, 3.8) is 0 Å². The quantitative estimate of drug-likeness (QED) is 0.426. The zero-order chi connectivity index (χ0) is 23.2. The Bertz CT molecular complexity index is 1300. The van der Waals surface area contributed by atoms with Gasteiger partial charge in [-0.2, -0.15) is 0 Å². The van der Waals surface area contributed by atoms with E-state index in [1.807, 2.05) is 30.3 Å². The van der Waals surface area contributed by atoms with Crippen LogP contribution in [0.3, 0.4) is 0 Å². The summed E-state index contributed by atoms with van der Waals surface area (Å²) < 4.78 is 16.7. The highest BCUT2D eigenvalue weighted by Gasteiger charge is 2.13. The van der Waals surface area contributed by atoms with Crippen LogP contribution in [0.1, 0.15) is 26.6 Å². The van der Waals surface area contributed by atoms with Gasteiger partial charge in [-0.25, -0.2) is 0 Å². The normalized spacial score (nSPS) is 10.6. The largest absolute Gasteiger partial charge is 0.497 e. The van der Waals surface area contributed by atoms with Crippen molar-refractivity contribution in [2.24, 2.45) is 0 Å². The summed E-state index contributed by atoms with van der Waals surface area (Å²) in [4.78, 5) is 28.3. The number of amides is 2. The maximum Gasteiger partial charge on any atom is 0.287 e. The van der Waals surface area contributed by atoms with Gasteiger partial charge < -0.3 is 24.5 Å². The summed E-state index contributed by atoms with van der Waals surface area (Å²) in [7, 11) is 3.14. The number of fused-ring (bicyclic) bond motifs is 1. The van der Waals surface area contributed by atoms with Crippen LogP contribution < -0.4 is 20.1 Å². The summed E-state index contributed by atoms with van der Waals surface area (Å²) in [5.74, 6) is 1.52. The molecule has 2 heterocycles. The SMILES string of the molecule is CNC(=O)c1cc(Oc2cccc(CCNC(=O)c3cc4cc(OC)ccc4o3)c2)ccn1. The second-order valence-electron chi connectivity index (χ2n) is 7.23. The summed E-state index contributed by atoms with van der Waals surface area (Å²) in [6.07, 6.45) is 2.13. The summed E-state index contributed by atoms with van der Waals surface area (Å²) in [5, 5.41) is 6.21. The summed E-state index contributed by atoms with van der Waals surface area (Å²) >= 11 is 0. The van der Waals surface area contributed by atoms with Crippen LogP contribution >= 0.6 is 0 Å². The Balaban J connectivity index is 1.35. The maximum absolute atomic E-state index is 12.5. The van der Waals surface area contributed by atoms with E-state index in [-0.39, 0.29) is 23.3 Å². The first-order valence-electron chi connectivity index (χ1n) is 10.4. The lowest BCUT2D eigenvalue weighted by Gasteiger charge is -2.09. The molecule has 0 aliphatic rings. The monoisotopic (exact) mass is 445 g/mol. The van der Waals surface area contributed by atoms with Crippen molar-refractivity contribution in [3.8, 4) is 17.2 Å². The second kappa shape index (κ2) is 9.86. The molecule has 8 nitrogen and oxygen atoms in total. The Kier molecular flexibility index (Phi) is 6.54. The molecule has 4 rings (SSSR count). The van der Waals surface area contributed by atoms with E-state index >= 15 is 0 Å². The molecule has 0 saturated heterocycles. The molecule has 4 aromatic rings. The Morgan fingerprint density at radius 2 is 1.82 bits per heavy atom. The topological polar surface area (TPSA) is 103 Å². The molecule has 2 aromatic heterocycles. The van der Waals surface area contributed by atoms with Crippen molar-refractivity contribution in [2.45, 2.75) is 6.42 Å². The number of nitrogens with one attached hydrogen (secondary N) is 2. The zero-order valence-corrected chi connectivity index (χ0v) is 18.3. The third kappa shape index (κ3) is 5.30. The molecule has 2 amide bonds. The molecule has 2 N–H and O–H groups in total. The highest BCUT2D eigenvalue weighted by atomic mass is 16.5. The highest BCUT2D eigenvalue weighted by molar-refractivity contribution is 5.96. The predicted octanol–water partition coefficient (Wildman–Crippen LogP) is 3.96. The highest BCUT2D eigenvalue weighted by Crippen LogP contribution is 2.25. The predicted molar refractivity (Wildman–Crippen MR) is 123 cm³/mol. The molecule has 0 atom stereocenters. The number of carbonyl (C=O) groups is 2. The van der Waals surface area contributed by atoms with Crippen LogP contribution in [0, 0.1) is 0 Å². The van der Waals surface area contributed by atoms with E-state index in [0.29, 0.717) is 35.8 Å². The van der Waals surface area contributed by atoms with Crippen molar-refractivity contribution >= 4 is 22.8 Å². The van der Waals surface area contributed by atoms with Gasteiger partial charge in [0.05, 0.1) is 7.11 Å². The maximum atomic E-state index is 12.5. The number of carbonyl (C=O) groups excluding carboxylic acids is 2. The van der Waals surface area contributed by atoms with Crippen molar-refractivity contribution < 1.29 is 23.5 Å². The summed E-state index contributed by atoms with van der Waals surface area (Å²) in [6, 6.07) is 17.9. The van der Waals surface area contributed by atoms with Gasteiger partial charge >= 0.3 is 0 Å². The van der Waals surface area contributed by atoms with Gasteiger partial charge in [0.15, 0.2) is 5.76 Å². The number of pyridine rings is 1. The fourth-order valence-corrected chi connectivity index (χ4v) is 3.30. The van der Waals surface area contributed by atoms with Crippen LogP contribution in [-0.2, 0) is 6.42 Å². The van der Waals surface area contributed by atoms with E-state index in [2.05, 4.69) is 15.6 Å². The van der Waals surface area contributed by atoms with Crippen LogP contribution in [0.5, 0.6) is 17.2 Å². The van der Waals surface area contributed by atoms with Crippen molar-refractivity contribution in [3.05, 3.63) is 83.9 Å². The molecule has 0 radical (unpaired) electrons. The van der Waals surface area contributed by atoms with Gasteiger partial charge in [-0.05, 0) is 54.4 Å². The molecular weight excluding hydrogens is 422 g/mol. The second-order valence-corrected chi connectivity index (χ2v) is 7.23.